The Morgan fingerprint density at radius 3 is 2.76 bits per heavy atom. The van der Waals surface area contributed by atoms with Gasteiger partial charge in [0.15, 0.2) is 0 Å². The lowest BCUT2D eigenvalue weighted by atomic mass is 9.67. The first-order valence-electron chi connectivity index (χ1n) is 6.39. The summed E-state index contributed by atoms with van der Waals surface area (Å²) < 4.78 is 13.0. The van der Waals surface area contributed by atoms with Crippen LogP contribution in [0.4, 0.5) is 4.39 Å². The van der Waals surface area contributed by atoms with Crippen molar-refractivity contribution in [2.45, 2.75) is 24.9 Å². The van der Waals surface area contributed by atoms with Gasteiger partial charge in [-0.15, -0.1) is 0 Å². The van der Waals surface area contributed by atoms with E-state index in [-0.39, 0.29) is 11.7 Å². The first-order chi connectivity index (χ1) is 8.20. The third-order valence-corrected chi connectivity index (χ3v) is 4.43. The van der Waals surface area contributed by atoms with Crippen molar-refractivity contribution in [1.82, 2.24) is 5.32 Å². The van der Waals surface area contributed by atoms with Gasteiger partial charge in [0.2, 0.25) is 0 Å². The van der Waals surface area contributed by atoms with Crippen molar-refractivity contribution in [3.05, 3.63) is 35.6 Å². The molecule has 2 nitrogen and oxygen atoms in total. The Hall–Kier alpha value is -0.930. The number of hydrogen-bond donors (Lipinski definition) is 2. The number of fused-ring (bicyclic) bond motifs is 1. The molecule has 3 heteroatoms. The van der Waals surface area contributed by atoms with Crippen molar-refractivity contribution in [3.63, 3.8) is 0 Å². The summed E-state index contributed by atoms with van der Waals surface area (Å²) in [7, 11) is 0. The molecule has 92 valence electrons. The quantitative estimate of drug-likeness (QED) is 0.780. The van der Waals surface area contributed by atoms with Crippen LogP contribution >= 0.6 is 0 Å². The van der Waals surface area contributed by atoms with Gasteiger partial charge in [-0.1, -0.05) is 12.1 Å². The van der Waals surface area contributed by atoms with Crippen LogP contribution in [0.2, 0.25) is 0 Å². The van der Waals surface area contributed by atoms with Gasteiger partial charge in [0.25, 0.3) is 0 Å². The number of benzene rings is 1. The third-order valence-electron chi connectivity index (χ3n) is 4.43. The Morgan fingerprint density at radius 1 is 1.24 bits per heavy atom. The van der Waals surface area contributed by atoms with Crippen LogP contribution in [0.3, 0.4) is 0 Å². The topological polar surface area (TPSA) is 32.3 Å². The molecule has 0 spiro atoms. The van der Waals surface area contributed by atoms with Crippen molar-refractivity contribution in [3.8, 4) is 0 Å². The average molecular weight is 235 g/mol. The zero-order valence-electron chi connectivity index (χ0n) is 9.82. The smallest absolute Gasteiger partial charge is 0.123 e. The van der Waals surface area contributed by atoms with Gasteiger partial charge >= 0.3 is 0 Å². The highest BCUT2D eigenvalue weighted by Crippen LogP contribution is 2.46. The van der Waals surface area contributed by atoms with Crippen molar-refractivity contribution in [2.75, 3.05) is 13.1 Å². The zero-order valence-corrected chi connectivity index (χ0v) is 9.82. The highest BCUT2D eigenvalue weighted by molar-refractivity contribution is 5.25. The molecule has 0 bridgehead atoms. The van der Waals surface area contributed by atoms with Crippen LogP contribution in [0.25, 0.3) is 0 Å². The Kier molecular flexibility index (Phi) is 2.68. The second-order valence-corrected chi connectivity index (χ2v) is 5.35. The fourth-order valence-corrected chi connectivity index (χ4v) is 3.51. The van der Waals surface area contributed by atoms with E-state index in [2.05, 4.69) is 5.32 Å². The van der Waals surface area contributed by atoms with Crippen molar-refractivity contribution in [2.24, 2.45) is 11.8 Å². The van der Waals surface area contributed by atoms with Crippen LogP contribution in [0.5, 0.6) is 0 Å². The molecular weight excluding hydrogens is 217 g/mol. The van der Waals surface area contributed by atoms with Gasteiger partial charge in [0.05, 0.1) is 5.60 Å². The Bertz CT molecular complexity index is 405. The molecule has 1 heterocycles. The minimum absolute atomic E-state index is 0.241. The molecule has 0 radical (unpaired) electrons. The summed E-state index contributed by atoms with van der Waals surface area (Å²) in [6.07, 6.45) is 3.04. The number of halogens is 1. The Labute approximate surface area is 101 Å². The van der Waals surface area contributed by atoms with E-state index < -0.39 is 5.60 Å². The molecule has 2 N–H and O–H groups in total. The van der Waals surface area contributed by atoms with Crippen molar-refractivity contribution in [1.29, 1.82) is 0 Å². The minimum atomic E-state index is -0.764. The molecule has 1 saturated carbocycles. The van der Waals surface area contributed by atoms with Crippen molar-refractivity contribution < 1.29 is 9.50 Å². The van der Waals surface area contributed by atoms with Gasteiger partial charge in [-0.05, 0) is 49.4 Å². The van der Waals surface area contributed by atoms with Crippen LogP contribution in [0.1, 0.15) is 24.8 Å². The average Bonchev–Trinajstić information content (AvgIpc) is 2.80. The lowest BCUT2D eigenvalue weighted by Gasteiger charge is -2.41. The highest BCUT2D eigenvalue weighted by Gasteiger charge is 2.47. The van der Waals surface area contributed by atoms with E-state index >= 15 is 0 Å². The molecule has 1 aliphatic carbocycles. The summed E-state index contributed by atoms with van der Waals surface area (Å²) in [5.41, 5.74) is 0.109. The van der Waals surface area contributed by atoms with E-state index in [4.69, 9.17) is 0 Å². The molecule has 3 atom stereocenters. The molecule has 1 aromatic rings. The van der Waals surface area contributed by atoms with Gasteiger partial charge in [-0.2, -0.15) is 0 Å². The molecule has 1 aliphatic heterocycles. The second-order valence-electron chi connectivity index (χ2n) is 5.35. The van der Waals surface area contributed by atoms with Crippen molar-refractivity contribution >= 4 is 0 Å². The molecule has 2 aliphatic rings. The number of hydrogen-bond acceptors (Lipinski definition) is 2. The Morgan fingerprint density at radius 2 is 2.00 bits per heavy atom. The summed E-state index contributed by atoms with van der Waals surface area (Å²) in [5.74, 6) is 0.606. The number of aliphatic hydroxyl groups is 1. The molecule has 0 aromatic heterocycles. The summed E-state index contributed by atoms with van der Waals surface area (Å²) in [5, 5.41) is 14.3. The van der Waals surface area contributed by atoms with E-state index in [1.54, 1.807) is 12.1 Å². The van der Waals surface area contributed by atoms with Crippen LogP contribution < -0.4 is 5.32 Å². The summed E-state index contributed by atoms with van der Waals surface area (Å²) >= 11 is 0. The Balaban J connectivity index is 1.95. The molecule has 17 heavy (non-hydrogen) atoms. The van der Waals surface area contributed by atoms with Gasteiger partial charge < -0.3 is 10.4 Å². The standard InChI is InChI=1S/C14H18FNO/c15-12-5-3-11(4-6-12)14(17)7-1-2-10-8-16-9-13(10)14/h3-6,10,13,16-17H,1-2,7-9H2/t10-,13+,14+/m1/s1. The monoisotopic (exact) mass is 235 g/mol. The van der Waals surface area contributed by atoms with E-state index in [1.807, 2.05) is 0 Å². The van der Waals surface area contributed by atoms with Crippen LogP contribution in [0.15, 0.2) is 24.3 Å². The van der Waals surface area contributed by atoms with Crippen LogP contribution in [-0.2, 0) is 5.60 Å². The molecule has 1 saturated heterocycles. The van der Waals surface area contributed by atoms with Crippen LogP contribution in [0, 0.1) is 17.7 Å². The lowest BCUT2D eigenvalue weighted by molar-refractivity contribution is -0.0634. The molecule has 3 rings (SSSR count). The number of rotatable bonds is 1. The summed E-state index contributed by atoms with van der Waals surface area (Å²) in [6.45, 7) is 1.88. The predicted octanol–water partition coefficient (Wildman–Crippen LogP) is 2.03. The van der Waals surface area contributed by atoms with Gasteiger partial charge in [0, 0.05) is 12.5 Å². The first-order valence-corrected chi connectivity index (χ1v) is 6.39. The second kappa shape index (κ2) is 4.07. The summed E-state index contributed by atoms with van der Waals surface area (Å²) in [4.78, 5) is 0. The van der Waals surface area contributed by atoms with E-state index in [9.17, 15) is 9.50 Å². The highest BCUT2D eigenvalue weighted by atomic mass is 19.1. The maximum Gasteiger partial charge on any atom is 0.123 e. The summed E-state index contributed by atoms with van der Waals surface area (Å²) in [6, 6.07) is 6.35. The largest absolute Gasteiger partial charge is 0.385 e. The minimum Gasteiger partial charge on any atom is -0.385 e. The van der Waals surface area contributed by atoms with Crippen LogP contribution in [-0.4, -0.2) is 18.2 Å². The molecule has 0 amide bonds. The van der Waals surface area contributed by atoms with E-state index in [0.29, 0.717) is 5.92 Å². The fourth-order valence-electron chi connectivity index (χ4n) is 3.51. The number of nitrogens with one attached hydrogen (secondary N) is 1. The van der Waals surface area contributed by atoms with Gasteiger partial charge in [0.1, 0.15) is 5.82 Å². The maximum atomic E-state index is 13.0. The predicted molar refractivity (Wildman–Crippen MR) is 64.0 cm³/mol. The normalized spacial score (nSPS) is 36.8. The first kappa shape index (κ1) is 11.2. The maximum absolute atomic E-state index is 13.0. The molecular formula is C14H18FNO. The van der Waals surface area contributed by atoms with Gasteiger partial charge in [-0.25, -0.2) is 4.39 Å². The van der Waals surface area contributed by atoms with E-state index in [0.717, 1.165) is 31.5 Å². The van der Waals surface area contributed by atoms with Gasteiger partial charge in [-0.3, -0.25) is 0 Å². The molecule has 1 aromatic carbocycles. The van der Waals surface area contributed by atoms with E-state index in [1.165, 1.54) is 18.6 Å². The third kappa shape index (κ3) is 1.78. The molecule has 0 unspecified atom stereocenters. The lowest BCUT2D eigenvalue weighted by Crippen LogP contribution is -2.42. The zero-order chi connectivity index (χ0) is 11.9. The molecule has 2 fully saturated rings. The SMILES string of the molecule is O[C@]1(c2ccc(F)cc2)CCC[C@@H]2CNC[C@@H]21. The fraction of sp³-hybridized carbons (Fsp3) is 0.571.